The van der Waals surface area contributed by atoms with Crippen LogP contribution in [0.4, 0.5) is 0 Å². The number of carbonyl (C=O) groups is 1. The zero-order valence-electron chi connectivity index (χ0n) is 8.74. The van der Waals surface area contributed by atoms with E-state index in [9.17, 15) is 9.90 Å². The highest BCUT2D eigenvalue weighted by molar-refractivity contribution is 5.79. The zero-order valence-corrected chi connectivity index (χ0v) is 8.74. The summed E-state index contributed by atoms with van der Waals surface area (Å²) < 4.78 is 5.11. The van der Waals surface area contributed by atoms with Gasteiger partial charge in [-0.15, -0.1) is 0 Å². The number of hydrogen-bond acceptors (Lipinski definition) is 4. The van der Waals surface area contributed by atoms with Crippen molar-refractivity contribution in [3.8, 4) is 0 Å². The van der Waals surface area contributed by atoms with Crippen LogP contribution in [0.25, 0.3) is 0 Å². The molecule has 0 spiro atoms. The molecule has 1 heterocycles. The van der Waals surface area contributed by atoms with Gasteiger partial charge in [0.25, 0.3) is 0 Å². The highest BCUT2D eigenvalue weighted by Gasteiger charge is 2.37. The van der Waals surface area contributed by atoms with Crippen LogP contribution >= 0.6 is 0 Å². The van der Waals surface area contributed by atoms with E-state index < -0.39 is 5.60 Å². The van der Waals surface area contributed by atoms with Crippen LogP contribution in [0, 0.1) is 5.92 Å². The van der Waals surface area contributed by atoms with E-state index in [-0.39, 0.29) is 17.9 Å². The van der Waals surface area contributed by atoms with Crippen molar-refractivity contribution in [3.05, 3.63) is 0 Å². The third-order valence-electron chi connectivity index (χ3n) is 3.34. The molecule has 2 aliphatic rings. The first-order chi connectivity index (χ1) is 7.11. The number of nitrogens with two attached hydrogens (primary N) is 1. The number of carbonyl (C=O) groups excluding carboxylic acids is 1. The van der Waals surface area contributed by atoms with Gasteiger partial charge in [-0.05, 0) is 19.3 Å². The minimum atomic E-state index is -0.667. The Balaban J connectivity index is 1.76. The quantitative estimate of drug-likeness (QED) is 0.562. The van der Waals surface area contributed by atoms with Gasteiger partial charge in [-0.3, -0.25) is 4.79 Å². The van der Waals surface area contributed by atoms with Gasteiger partial charge in [0.1, 0.15) is 0 Å². The maximum Gasteiger partial charge on any atom is 0.227 e. The normalized spacial score (nSPS) is 33.5. The number of amides is 1. The Hall–Kier alpha value is -0.650. The predicted octanol–water partition coefficient (Wildman–Crippen LogP) is -1.01. The molecule has 0 bridgehead atoms. The van der Waals surface area contributed by atoms with E-state index in [0.29, 0.717) is 19.8 Å². The van der Waals surface area contributed by atoms with Crippen LogP contribution in [0.3, 0.4) is 0 Å². The molecule has 0 aromatic carbocycles. The Morgan fingerprint density at radius 2 is 2.27 bits per heavy atom. The molecule has 5 heteroatoms. The molecule has 86 valence electrons. The summed E-state index contributed by atoms with van der Waals surface area (Å²) in [6.45, 7) is 1.18. The average molecular weight is 214 g/mol. The van der Waals surface area contributed by atoms with Crippen molar-refractivity contribution in [1.82, 2.24) is 5.32 Å². The Labute approximate surface area is 89.0 Å². The molecule has 2 fully saturated rings. The van der Waals surface area contributed by atoms with Gasteiger partial charge >= 0.3 is 0 Å². The molecule has 4 N–H and O–H groups in total. The van der Waals surface area contributed by atoms with Crippen molar-refractivity contribution < 1.29 is 14.6 Å². The monoisotopic (exact) mass is 214 g/mol. The molecule has 2 unspecified atom stereocenters. The standard InChI is InChI=1S/C10H18N2O3/c11-8-5-15-4-7(8)9(13)12-6-10(14)2-1-3-10/h7-8,14H,1-6,11H2,(H,12,13). The zero-order chi connectivity index (χ0) is 10.9. The lowest BCUT2D eigenvalue weighted by atomic mass is 9.80. The van der Waals surface area contributed by atoms with Crippen molar-refractivity contribution in [2.75, 3.05) is 19.8 Å². The molecular weight excluding hydrogens is 196 g/mol. The first-order valence-corrected chi connectivity index (χ1v) is 5.44. The number of rotatable bonds is 3. The van der Waals surface area contributed by atoms with E-state index in [2.05, 4.69) is 5.32 Å². The van der Waals surface area contributed by atoms with Crippen LogP contribution in [0.2, 0.25) is 0 Å². The van der Waals surface area contributed by atoms with Crippen LogP contribution < -0.4 is 11.1 Å². The summed E-state index contributed by atoms with van der Waals surface area (Å²) in [6, 6.07) is -0.207. The van der Waals surface area contributed by atoms with Gasteiger partial charge < -0.3 is 20.9 Å². The van der Waals surface area contributed by atoms with Crippen molar-refractivity contribution in [2.24, 2.45) is 11.7 Å². The fourth-order valence-corrected chi connectivity index (χ4v) is 1.99. The molecular formula is C10H18N2O3. The van der Waals surface area contributed by atoms with E-state index in [1.165, 1.54) is 0 Å². The summed E-state index contributed by atoms with van der Waals surface area (Å²) in [5, 5.41) is 12.5. The molecule has 1 aliphatic heterocycles. The summed E-state index contributed by atoms with van der Waals surface area (Å²) in [5.74, 6) is -0.353. The van der Waals surface area contributed by atoms with E-state index in [1.54, 1.807) is 0 Å². The minimum absolute atomic E-state index is 0.0969. The molecule has 2 rings (SSSR count). The predicted molar refractivity (Wildman–Crippen MR) is 54.1 cm³/mol. The first kappa shape index (κ1) is 10.9. The fourth-order valence-electron chi connectivity index (χ4n) is 1.99. The smallest absolute Gasteiger partial charge is 0.227 e. The number of ether oxygens (including phenoxy) is 1. The second-order valence-electron chi connectivity index (χ2n) is 4.60. The van der Waals surface area contributed by atoms with Crippen LogP contribution in [-0.4, -0.2) is 42.4 Å². The van der Waals surface area contributed by atoms with Crippen molar-refractivity contribution in [2.45, 2.75) is 30.9 Å². The van der Waals surface area contributed by atoms with E-state index >= 15 is 0 Å². The summed E-state index contributed by atoms with van der Waals surface area (Å²) in [7, 11) is 0. The van der Waals surface area contributed by atoms with E-state index in [1.807, 2.05) is 0 Å². The summed E-state index contributed by atoms with van der Waals surface area (Å²) in [4.78, 5) is 11.7. The molecule has 0 aromatic heterocycles. The molecule has 1 saturated heterocycles. The fraction of sp³-hybridized carbons (Fsp3) is 0.900. The van der Waals surface area contributed by atoms with Gasteiger partial charge in [0.2, 0.25) is 5.91 Å². The number of hydrogen-bond donors (Lipinski definition) is 3. The Bertz CT molecular complexity index is 253. The third-order valence-corrected chi connectivity index (χ3v) is 3.34. The van der Waals surface area contributed by atoms with E-state index in [4.69, 9.17) is 10.5 Å². The number of nitrogens with one attached hydrogen (secondary N) is 1. The molecule has 1 saturated carbocycles. The highest BCUT2D eigenvalue weighted by atomic mass is 16.5. The Morgan fingerprint density at radius 1 is 1.53 bits per heavy atom. The SMILES string of the molecule is NC1COCC1C(=O)NCC1(O)CCC1. The molecule has 15 heavy (non-hydrogen) atoms. The van der Waals surface area contributed by atoms with Gasteiger partial charge in [0.15, 0.2) is 0 Å². The van der Waals surface area contributed by atoms with Gasteiger partial charge in [-0.25, -0.2) is 0 Å². The summed E-state index contributed by atoms with van der Waals surface area (Å²) >= 11 is 0. The maximum atomic E-state index is 11.7. The van der Waals surface area contributed by atoms with Crippen molar-refractivity contribution in [3.63, 3.8) is 0 Å². The van der Waals surface area contributed by atoms with Crippen LogP contribution in [-0.2, 0) is 9.53 Å². The molecule has 1 aliphatic carbocycles. The van der Waals surface area contributed by atoms with Crippen molar-refractivity contribution >= 4 is 5.91 Å². The topological polar surface area (TPSA) is 84.6 Å². The van der Waals surface area contributed by atoms with Crippen LogP contribution in [0.15, 0.2) is 0 Å². The lowest BCUT2D eigenvalue weighted by Crippen LogP contribution is -2.50. The largest absolute Gasteiger partial charge is 0.388 e. The molecule has 2 atom stereocenters. The molecule has 1 amide bonds. The first-order valence-electron chi connectivity index (χ1n) is 5.44. The average Bonchev–Trinajstić information content (AvgIpc) is 2.58. The Kier molecular flexibility index (Phi) is 2.95. The maximum absolute atomic E-state index is 11.7. The third kappa shape index (κ3) is 2.30. The molecule has 0 radical (unpaired) electrons. The Morgan fingerprint density at radius 3 is 2.73 bits per heavy atom. The van der Waals surface area contributed by atoms with Gasteiger partial charge in [0.05, 0.1) is 24.7 Å². The summed E-state index contributed by atoms with van der Waals surface area (Å²) in [5.41, 5.74) is 5.05. The van der Waals surface area contributed by atoms with Crippen molar-refractivity contribution in [1.29, 1.82) is 0 Å². The van der Waals surface area contributed by atoms with Gasteiger partial charge in [0, 0.05) is 12.6 Å². The summed E-state index contributed by atoms with van der Waals surface area (Å²) in [6.07, 6.45) is 2.60. The second-order valence-corrected chi connectivity index (χ2v) is 4.60. The lowest BCUT2D eigenvalue weighted by molar-refractivity contribution is -0.127. The molecule has 5 nitrogen and oxygen atoms in total. The minimum Gasteiger partial charge on any atom is -0.388 e. The number of aliphatic hydroxyl groups is 1. The van der Waals surface area contributed by atoms with Gasteiger partial charge in [-0.2, -0.15) is 0 Å². The second kappa shape index (κ2) is 4.08. The van der Waals surface area contributed by atoms with Gasteiger partial charge in [-0.1, -0.05) is 0 Å². The lowest BCUT2D eigenvalue weighted by Gasteiger charge is -2.36. The molecule has 0 aromatic rings. The van der Waals surface area contributed by atoms with E-state index in [0.717, 1.165) is 19.3 Å². The highest BCUT2D eigenvalue weighted by Crippen LogP contribution is 2.30. The van der Waals surface area contributed by atoms with Crippen LogP contribution in [0.5, 0.6) is 0 Å². The van der Waals surface area contributed by atoms with Crippen LogP contribution in [0.1, 0.15) is 19.3 Å².